The largest absolute Gasteiger partial charge is 0.507 e. The zero-order valence-electron chi connectivity index (χ0n) is 12.8. The SMILES string of the molecule is CC1(C)c2ccccc2-c2c(-c3ccccc3O)cccc21. The van der Waals surface area contributed by atoms with E-state index in [2.05, 4.69) is 56.3 Å². The normalized spacial score (nSPS) is 14.5. The smallest absolute Gasteiger partial charge is 0.123 e. The summed E-state index contributed by atoms with van der Waals surface area (Å²) in [5, 5.41) is 10.3. The van der Waals surface area contributed by atoms with Gasteiger partial charge in [-0.1, -0.05) is 74.5 Å². The van der Waals surface area contributed by atoms with Gasteiger partial charge in [-0.2, -0.15) is 0 Å². The van der Waals surface area contributed by atoms with Crippen LogP contribution in [0.1, 0.15) is 25.0 Å². The number of aromatic hydroxyl groups is 1. The van der Waals surface area contributed by atoms with E-state index < -0.39 is 0 Å². The summed E-state index contributed by atoms with van der Waals surface area (Å²) in [6.45, 7) is 4.54. The fourth-order valence-electron chi connectivity index (χ4n) is 3.68. The minimum absolute atomic E-state index is 0.00760. The van der Waals surface area contributed by atoms with Crippen LogP contribution in [-0.2, 0) is 5.41 Å². The van der Waals surface area contributed by atoms with Gasteiger partial charge in [0.2, 0.25) is 0 Å². The summed E-state index contributed by atoms with van der Waals surface area (Å²) in [4.78, 5) is 0. The van der Waals surface area contributed by atoms with E-state index in [9.17, 15) is 5.11 Å². The highest BCUT2D eigenvalue weighted by atomic mass is 16.3. The molecule has 0 saturated carbocycles. The average Bonchev–Trinajstić information content (AvgIpc) is 2.77. The number of phenols is 1. The van der Waals surface area contributed by atoms with Crippen molar-refractivity contribution in [1.29, 1.82) is 0 Å². The van der Waals surface area contributed by atoms with Gasteiger partial charge in [-0.3, -0.25) is 0 Å². The van der Waals surface area contributed by atoms with Crippen molar-refractivity contribution >= 4 is 0 Å². The molecule has 0 aliphatic heterocycles. The van der Waals surface area contributed by atoms with Crippen LogP contribution in [0.5, 0.6) is 5.75 Å². The van der Waals surface area contributed by atoms with E-state index in [0.717, 1.165) is 11.1 Å². The lowest BCUT2D eigenvalue weighted by molar-refractivity contribution is 0.477. The molecule has 3 aromatic carbocycles. The molecule has 1 aliphatic rings. The van der Waals surface area contributed by atoms with Crippen molar-refractivity contribution in [2.45, 2.75) is 19.3 Å². The molecule has 0 bridgehead atoms. The highest BCUT2D eigenvalue weighted by Crippen LogP contribution is 2.52. The first kappa shape index (κ1) is 13.1. The van der Waals surface area contributed by atoms with Crippen molar-refractivity contribution in [2.24, 2.45) is 0 Å². The van der Waals surface area contributed by atoms with Gasteiger partial charge >= 0.3 is 0 Å². The summed E-state index contributed by atoms with van der Waals surface area (Å²) in [6, 6.07) is 22.6. The van der Waals surface area contributed by atoms with Gasteiger partial charge in [0, 0.05) is 11.0 Å². The van der Waals surface area contributed by atoms with Crippen molar-refractivity contribution < 1.29 is 5.11 Å². The van der Waals surface area contributed by atoms with Gasteiger partial charge < -0.3 is 5.11 Å². The van der Waals surface area contributed by atoms with E-state index in [1.807, 2.05) is 18.2 Å². The van der Waals surface area contributed by atoms with Gasteiger partial charge in [-0.05, 0) is 33.9 Å². The van der Waals surface area contributed by atoms with E-state index in [1.165, 1.54) is 22.3 Å². The third-order valence-electron chi connectivity index (χ3n) is 4.80. The zero-order chi connectivity index (χ0) is 15.3. The molecule has 0 atom stereocenters. The van der Waals surface area contributed by atoms with Crippen molar-refractivity contribution in [3.63, 3.8) is 0 Å². The van der Waals surface area contributed by atoms with Gasteiger partial charge in [0.15, 0.2) is 0 Å². The first-order valence-electron chi connectivity index (χ1n) is 7.62. The monoisotopic (exact) mass is 286 g/mol. The molecule has 4 rings (SSSR count). The van der Waals surface area contributed by atoms with Crippen LogP contribution >= 0.6 is 0 Å². The molecule has 1 heteroatoms. The van der Waals surface area contributed by atoms with Crippen LogP contribution < -0.4 is 0 Å². The lowest BCUT2D eigenvalue weighted by atomic mass is 9.82. The third kappa shape index (κ3) is 1.66. The highest BCUT2D eigenvalue weighted by Gasteiger charge is 2.36. The molecule has 0 saturated heterocycles. The molecular formula is C21H18O. The molecule has 0 fully saturated rings. The van der Waals surface area contributed by atoms with Gasteiger partial charge in [-0.15, -0.1) is 0 Å². The topological polar surface area (TPSA) is 20.2 Å². The van der Waals surface area contributed by atoms with Gasteiger partial charge in [0.1, 0.15) is 5.75 Å². The van der Waals surface area contributed by atoms with Crippen LogP contribution in [0.2, 0.25) is 0 Å². The molecule has 22 heavy (non-hydrogen) atoms. The fraction of sp³-hybridized carbons (Fsp3) is 0.143. The molecule has 0 heterocycles. The molecule has 108 valence electrons. The Balaban J connectivity index is 2.09. The van der Waals surface area contributed by atoms with Crippen LogP contribution in [-0.4, -0.2) is 5.11 Å². The molecule has 1 N–H and O–H groups in total. The van der Waals surface area contributed by atoms with Gasteiger partial charge in [0.05, 0.1) is 0 Å². The predicted octanol–water partition coefficient (Wildman–Crippen LogP) is 5.37. The Morgan fingerprint density at radius 3 is 2.00 bits per heavy atom. The van der Waals surface area contributed by atoms with Gasteiger partial charge in [-0.25, -0.2) is 0 Å². The Hall–Kier alpha value is -2.54. The van der Waals surface area contributed by atoms with Crippen LogP contribution in [0.3, 0.4) is 0 Å². The van der Waals surface area contributed by atoms with E-state index in [-0.39, 0.29) is 5.41 Å². The summed E-state index contributed by atoms with van der Waals surface area (Å²) in [5.74, 6) is 0.332. The predicted molar refractivity (Wildman–Crippen MR) is 91.1 cm³/mol. The van der Waals surface area contributed by atoms with Crippen LogP contribution in [0, 0.1) is 0 Å². The van der Waals surface area contributed by atoms with Crippen LogP contribution in [0.15, 0.2) is 66.7 Å². The summed E-state index contributed by atoms with van der Waals surface area (Å²) >= 11 is 0. The summed E-state index contributed by atoms with van der Waals surface area (Å²) < 4.78 is 0. The van der Waals surface area contributed by atoms with Crippen molar-refractivity contribution in [3.8, 4) is 28.0 Å². The number of phenolic OH excluding ortho intramolecular Hbond substituents is 1. The summed E-state index contributed by atoms with van der Waals surface area (Å²) in [6.07, 6.45) is 0. The van der Waals surface area contributed by atoms with Crippen molar-refractivity contribution in [2.75, 3.05) is 0 Å². The lowest BCUT2D eigenvalue weighted by Gasteiger charge is -2.21. The lowest BCUT2D eigenvalue weighted by Crippen LogP contribution is -2.14. The van der Waals surface area contributed by atoms with E-state index in [0.29, 0.717) is 5.75 Å². The number of hydrogen-bond donors (Lipinski definition) is 1. The average molecular weight is 286 g/mol. The summed E-state index contributed by atoms with van der Waals surface area (Å²) in [5.41, 5.74) is 7.21. The number of fused-ring (bicyclic) bond motifs is 3. The van der Waals surface area contributed by atoms with E-state index in [4.69, 9.17) is 0 Å². The zero-order valence-corrected chi connectivity index (χ0v) is 12.8. The Labute approximate surface area is 130 Å². The minimum atomic E-state index is -0.00760. The number of benzene rings is 3. The van der Waals surface area contributed by atoms with E-state index >= 15 is 0 Å². The Bertz CT molecular complexity index is 875. The Morgan fingerprint density at radius 2 is 1.23 bits per heavy atom. The Kier molecular flexibility index (Phi) is 2.67. The maximum absolute atomic E-state index is 10.3. The maximum Gasteiger partial charge on any atom is 0.123 e. The molecule has 0 amide bonds. The molecule has 0 spiro atoms. The van der Waals surface area contributed by atoms with Crippen LogP contribution in [0.4, 0.5) is 0 Å². The van der Waals surface area contributed by atoms with Crippen molar-refractivity contribution in [3.05, 3.63) is 77.9 Å². The summed E-state index contributed by atoms with van der Waals surface area (Å²) in [7, 11) is 0. The molecular weight excluding hydrogens is 268 g/mol. The molecule has 1 nitrogen and oxygen atoms in total. The molecule has 0 unspecified atom stereocenters. The third-order valence-corrected chi connectivity index (χ3v) is 4.80. The second-order valence-corrected chi connectivity index (χ2v) is 6.42. The molecule has 1 aliphatic carbocycles. The van der Waals surface area contributed by atoms with Gasteiger partial charge in [0.25, 0.3) is 0 Å². The molecule has 3 aromatic rings. The standard InChI is InChI=1S/C21H18O/c1-21(2)17-11-5-3-9-16(17)20-15(10-7-12-18(20)21)14-8-4-6-13-19(14)22/h3-13,22H,1-2H3. The second-order valence-electron chi connectivity index (χ2n) is 6.42. The molecule has 0 aromatic heterocycles. The number of para-hydroxylation sites is 1. The van der Waals surface area contributed by atoms with Crippen LogP contribution in [0.25, 0.3) is 22.3 Å². The number of hydrogen-bond acceptors (Lipinski definition) is 1. The first-order chi connectivity index (χ1) is 10.6. The quantitative estimate of drug-likeness (QED) is 0.638. The minimum Gasteiger partial charge on any atom is -0.507 e. The number of rotatable bonds is 1. The Morgan fingerprint density at radius 1 is 0.636 bits per heavy atom. The molecule has 0 radical (unpaired) electrons. The van der Waals surface area contributed by atoms with Crippen molar-refractivity contribution in [1.82, 2.24) is 0 Å². The first-order valence-corrected chi connectivity index (χ1v) is 7.62. The fourth-order valence-corrected chi connectivity index (χ4v) is 3.68. The highest BCUT2D eigenvalue weighted by molar-refractivity contribution is 5.93. The maximum atomic E-state index is 10.3. The van der Waals surface area contributed by atoms with E-state index in [1.54, 1.807) is 6.07 Å². The second kappa shape index (κ2) is 4.48.